The molecule has 1 spiro atoms. The molecule has 5 N–H and O–H groups in total. The van der Waals surface area contributed by atoms with Crippen LogP contribution in [0.5, 0.6) is 0 Å². The monoisotopic (exact) mass is 912 g/mol. The Kier molecular flexibility index (Phi) is 13.4. The van der Waals surface area contributed by atoms with Crippen LogP contribution >= 0.6 is 11.8 Å². The van der Waals surface area contributed by atoms with Crippen LogP contribution in [-0.2, 0) is 27.5 Å². The molecule has 15 nitrogen and oxygen atoms in total. The summed E-state index contributed by atoms with van der Waals surface area (Å²) in [6, 6.07) is 20.6. The van der Waals surface area contributed by atoms with Crippen LogP contribution in [0.2, 0.25) is 0 Å². The summed E-state index contributed by atoms with van der Waals surface area (Å²) in [4.78, 5) is 82.0. The Morgan fingerprint density at radius 1 is 0.879 bits per heavy atom. The number of nitrogens with one attached hydrogen (secondary N) is 3. The van der Waals surface area contributed by atoms with Gasteiger partial charge in [-0.15, -0.1) is 0 Å². The lowest BCUT2D eigenvalue weighted by molar-refractivity contribution is -0.137. The van der Waals surface area contributed by atoms with Gasteiger partial charge in [-0.2, -0.15) is 0 Å². The van der Waals surface area contributed by atoms with Gasteiger partial charge in [0, 0.05) is 104 Å². The summed E-state index contributed by atoms with van der Waals surface area (Å²) in [5, 5.41) is 9.22. The number of anilines is 3. The van der Waals surface area contributed by atoms with E-state index in [2.05, 4.69) is 47.5 Å². The molecule has 5 aliphatic heterocycles. The molecule has 1 atom stereocenters. The van der Waals surface area contributed by atoms with Crippen molar-refractivity contribution in [1.29, 1.82) is 0 Å². The Bertz CT molecular complexity index is 2450. The molecule has 16 heteroatoms. The molecule has 4 aromatic rings. The summed E-state index contributed by atoms with van der Waals surface area (Å²) in [5.41, 5.74) is 11.2. The van der Waals surface area contributed by atoms with E-state index >= 15 is 0 Å². The predicted octanol–water partition coefficient (Wildman–Crippen LogP) is 5.74. The highest BCUT2D eigenvalue weighted by molar-refractivity contribution is 7.99. The van der Waals surface area contributed by atoms with Gasteiger partial charge >= 0.3 is 0 Å². The first-order valence-corrected chi connectivity index (χ1v) is 24.3. The number of nitrogens with two attached hydrogens (primary N) is 1. The molecule has 6 heterocycles. The van der Waals surface area contributed by atoms with Crippen molar-refractivity contribution in [3.05, 3.63) is 101 Å². The van der Waals surface area contributed by atoms with Gasteiger partial charge in [-0.3, -0.25) is 29.3 Å². The minimum atomic E-state index is -0.658. The Labute approximate surface area is 390 Å². The molecule has 4 saturated heterocycles. The molecule has 4 fully saturated rings. The number of hydrogen-bond acceptors (Lipinski definition) is 12. The van der Waals surface area contributed by atoms with E-state index in [0.717, 1.165) is 129 Å². The normalized spacial score (nSPS) is 20.0. The number of hydrogen-bond donors (Lipinski definition) is 4. The van der Waals surface area contributed by atoms with E-state index < -0.39 is 11.9 Å². The third-order valence-electron chi connectivity index (χ3n) is 13.9. The van der Waals surface area contributed by atoms with Crippen LogP contribution in [-0.4, -0.2) is 107 Å². The maximum Gasteiger partial charge on any atom is 0.255 e. The summed E-state index contributed by atoms with van der Waals surface area (Å²) >= 11 is 1.53. The number of rotatable bonds is 16. The topological polar surface area (TPSA) is 186 Å². The van der Waals surface area contributed by atoms with Gasteiger partial charge < -0.3 is 36.0 Å². The van der Waals surface area contributed by atoms with Crippen LogP contribution in [0.3, 0.4) is 0 Å². The lowest BCUT2D eigenvalue weighted by Gasteiger charge is -2.48. The van der Waals surface area contributed by atoms with Gasteiger partial charge in [0.25, 0.3) is 11.8 Å². The third-order valence-corrected chi connectivity index (χ3v) is 14.8. The van der Waals surface area contributed by atoms with E-state index in [0.29, 0.717) is 42.5 Å². The van der Waals surface area contributed by atoms with E-state index in [9.17, 15) is 24.0 Å². The van der Waals surface area contributed by atoms with Gasteiger partial charge in [-0.25, -0.2) is 9.97 Å². The Balaban J connectivity index is 0.635. The first kappa shape index (κ1) is 45.3. The van der Waals surface area contributed by atoms with Gasteiger partial charge in [0.05, 0.1) is 12.4 Å². The fourth-order valence-electron chi connectivity index (χ4n) is 10.0. The number of piperidine rings is 2. The van der Waals surface area contributed by atoms with Crippen LogP contribution < -0.4 is 31.5 Å². The van der Waals surface area contributed by atoms with Crippen LogP contribution in [0.25, 0.3) is 0 Å². The van der Waals surface area contributed by atoms with Gasteiger partial charge in [-0.05, 0) is 112 Å². The number of benzene rings is 3. The SMILES string of the molecule is CC1(N)CCN(c2cnc(Sc3cccc(NC(=O)CCCCCCN4CC5(CCN(c6ccc(C(=O)NCc7ccc8c(c7)CN(C7CCC(=O)NC7=O)C8=O)cc6)C5)C4)c3)cn2)CC1. The average Bonchev–Trinajstić information content (AvgIpc) is 3.88. The van der Waals surface area contributed by atoms with Gasteiger partial charge in [-0.1, -0.05) is 42.8 Å². The maximum absolute atomic E-state index is 13.1. The summed E-state index contributed by atoms with van der Waals surface area (Å²) in [6.45, 7) is 9.81. The number of unbranched alkanes of at least 4 members (excludes halogenated alkanes) is 3. The van der Waals surface area contributed by atoms with Crippen LogP contribution in [0.4, 0.5) is 17.2 Å². The molecular formula is C50H60N10O5S. The number of likely N-dealkylation sites (tertiary alicyclic amines) is 1. The van der Waals surface area contributed by atoms with E-state index in [-0.39, 0.29) is 35.6 Å². The second-order valence-electron chi connectivity index (χ2n) is 19.2. The van der Waals surface area contributed by atoms with Crippen molar-refractivity contribution >= 4 is 58.5 Å². The number of amides is 5. The van der Waals surface area contributed by atoms with Gasteiger partial charge in [0.2, 0.25) is 17.7 Å². The zero-order chi connectivity index (χ0) is 45.8. The molecule has 0 saturated carbocycles. The third kappa shape index (κ3) is 10.7. The van der Waals surface area contributed by atoms with Crippen molar-refractivity contribution in [2.45, 2.75) is 106 Å². The van der Waals surface area contributed by atoms with Crippen molar-refractivity contribution in [2.75, 3.05) is 60.9 Å². The minimum Gasteiger partial charge on any atom is -0.371 e. The molecule has 0 aliphatic carbocycles. The van der Waals surface area contributed by atoms with E-state index in [1.165, 1.54) is 16.7 Å². The summed E-state index contributed by atoms with van der Waals surface area (Å²) < 4.78 is 0. The largest absolute Gasteiger partial charge is 0.371 e. The van der Waals surface area contributed by atoms with Crippen molar-refractivity contribution < 1.29 is 24.0 Å². The first-order valence-electron chi connectivity index (χ1n) is 23.4. The predicted molar refractivity (Wildman–Crippen MR) is 254 cm³/mol. The molecule has 5 aliphatic rings. The highest BCUT2D eigenvalue weighted by Gasteiger charge is 2.47. The second kappa shape index (κ2) is 19.6. The molecule has 5 amide bonds. The molecule has 0 bridgehead atoms. The molecule has 1 unspecified atom stereocenters. The highest BCUT2D eigenvalue weighted by atomic mass is 32.2. The standard InChI is InChI=1S/C50H60N10O5S/c1-49(51)18-22-58(23-19-49)42-28-53-45(29-52-42)66-39-8-6-7-37(26-39)55-43(61)9-4-2-3-5-21-57-31-50(32-57)20-24-59(33-50)38-13-11-35(12-14-38)46(63)54-27-34-10-15-40-36(25-34)30-60(48(40)65)41-16-17-44(62)56-47(41)64/h6-8,10-15,25-26,28-29,41H,2-5,9,16-24,27,30-33,51H2,1H3,(H,54,63)(H,55,61)(H,56,62,64). The molecular weight excluding hydrogens is 853 g/mol. The summed E-state index contributed by atoms with van der Waals surface area (Å²) in [6.07, 6.45) is 11.9. The number of carbonyl (C=O) groups excluding carboxylic acids is 5. The Morgan fingerprint density at radius 2 is 1.67 bits per heavy atom. The van der Waals surface area contributed by atoms with Crippen molar-refractivity contribution in [3.8, 4) is 0 Å². The van der Waals surface area contributed by atoms with Crippen LogP contribution in [0, 0.1) is 5.41 Å². The quantitative estimate of drug-likeness (QED) is 0.0791. The lowest BCUT2D eigenvalue weighted by Crippen LogP contribution is -2.57. The Morgan fingerprint density at radius 3 is 2.44 bits per heavy atom. The zero-order valence-corrected chi connectivity index (χ0v) is 38.5. The molecule has 0 radical (unpaired) electrons. The van der Waals surface area contributed by atoms with E-state index in [1.807, 2.05) is 73.1 Å². The van der Waals surface area contributed by atoms with Crippen LogP contribution in [0.1, 0.15) is 103 Å². The Hall–Kier alpha value is -5.84. The lowest BCUT2D eigenvalue weighted by atomic mass is 9.79. The maximum atomic E-state index is 13.1. The fraction of sp³-hybridized carbons (Fsp3) is 0.460. The van der Waals surface area contributed by atoms with E-state index in [1.54, 1.807) is 6.07 Å². The zero-order valence-electron chi connectivity index (χ0n) is 37.7. The molecule has 9 rings (SSSR count). The smallest absolute Gasteiger partial charge is 0.255 e. The molecule has 3 aromatic carbocycles. The van der Waals surface area contributed by atoms with Crippen molar-refractivity contribution in [2.24, 2.45) is 11.1 Å². The average molecular weight is 913 g/mol. The number of imide groups is 1. The van der Waals surface area contributed by atoms with Gasteiger partial charge in [0.1, 0.15) is 16.9 Å². The summed E-state index contributed by atoms with van der Waals surface area (Å²) in [5.74, 6) is -0.203. The fourth-order valence-corrected chi connectivity index (χ4v) is 10.8. The minimum absolute atomic E-state index is 0.0415. The number of carbonyl (C=O) groups is 5. The summed E-state index contributed by atoms with van der Waals surface area (Å²) in [7, 11) is 0. The molecule has 346 valence electrons. The van der Waals surface area contributed by atoms with E-state index in [4.69, 9.17) is 5.73 Å². The number of nitrogens with zero attached hydrogens (tertiary/aromatic N) is 6. The van der Waals surface area contributed by atoms with Crippen molar-refractivity contribution in [3.63, 3.8) is 0 Å². The highest BCUT2D eigenvalue weighted by Crippen LogP contribution is 2.41. The number of aromatic nitrogens is 2. The van der Waals surface area contributed by atoms with Crippen LogP contribution in [0.15, 0.2) is 89.0 Å². The van der Waals surface area contributed by atoms with Crippen molar-refractivity contribution in [1.82, 2.24) is 30.4 Å². The second-order valence-corrected chi connectivity index (χ2v) is 20.3. The first-order chi connectivity index (χ1) is 31.9. The molecule has 1 aromatic heterocycles. The number of fused-ring (bicyclic) bond motifs is 1. The van der Waals surface area contributed by atoms with Gasteiger partial charge in [0.15, 0.2) is 0 Å². The molecule has 66 heavy (non-hydrogen) atoms.